The van der Waals surface area contributed by atoms with Gasteiger partial charge < -0.3 is 10.5 Å². The van der Waals surface area contributed by atoms with E-state index in [1.54, 1.807) is 6.07 Å². The molecule has 0 atom stereocenters. The number of pyridine rings is 1. The average molecular weight is 250 g/mol. The minimum absolute atomic E-state index is 0.275. The summed E-state index contributed by atoms with van der Waals surface area (Å²) in [7, 11) is 0. The van der Waals surface area contributed by atoms with E-state index in [9.17, 15) is 8.78 Å². The summed E-state index contributed by atoms with van der Waals surface area (Å²) in [6, 6.07) is 4.14. The van der Waals surface area contributed by atoms with Gasteiger partial charge in [-0.15, -0.1) is 0 Å². The first-order valence-corrected chi connectivity index (χ1v) is 5.33. The van der Waals surface area contributed by atoms with Gasteiger partial charge in [0.25, 0.3) is 5.88 Å². The summed E-state index contributed by atoms with van der Waals surface area (Å²) in [5.74, 6) is -1.48. The molecule has 0 spiro atoms. The summed E-state index contributed by atoms with van der Waals surface area (Å²) in [4.78, 5) is 3.55. The largest absolute Gasteiger partial charge is 0.436 e. The van der Waals surface area contributed by atoms with Crippen LogP contribution < -0.4 is 10.5 Å². The molecule has 5 heteroatoms. The number of nitrogens with zero attached hydrogens (tertiary/aromatic N) is 1. The second-order valence-corrected chi connectivity index (χ2v) is 4.02. The number of halogens is 2. The van der Waals surface area contributed by atoms with Crippen LogP contribution in [0.25, 0.3) is 0 Å². The second kappa shape index (κ2) is 4.60. The van der Waals surface area contributed by atoms with Gasteiger partial charge in [-0.25, -0.2) is 13.8 Å². The molecule has 2 rings (SSSR count). The van der Waals surface area contributed by atoms with Crippen LogP contribution in [0, 0.1) is 25.5 Å². The van der Waals surface area contributed by atoms with E-state index in [2.05, 4.69) is 4.98 Å². The van der Waals surface area contributed by atoms with E-state index < -0.39 is 11.6 Å². The first kappa shape index (κ1) is 12.3. The number of hydrogen-bond acceptors (Lipinski definition) is 3. The molecule has 2 aromatic rings. The van der Waals surface area contributed by atoms with Crippen LogP contribution in [0.2, 0.25) is 0 Å². The van der Waals surface area contributed by atoms with Crippen molar-refractivity contribution in [2.75, 3.05) is 5.73 Å². The predicted octanol–water partition coefficient (Wildman–Crippen LogP) is 3.35. The Balaban J connectivity index is 2.37. The molecular weight excluding hydrogens is 238 g/mol. The molecule has 1 heterocycles. The number of nitrogen functional groups attached to an aromatic ring is 1. The molecule has 0 aliphatic rings. The van der Waals surface area contributed by atoms with Crippen LogP contribution >= 0.6 is 0 Å². The number of aryl methyl sites for hydroxylation is 2. The highest BCUT2D eigenvalue weighted by atomic mass is 19.1. The van der Waals surface area contributed by atoms with E-state index in [1.165, 1.54) is 0 Å². The molecule has 0 fully saturated rings. The van der Waals surface area contributed by atoms with Gasteiger partial charge >= 0.3 is 0 Å². The maximum absolute atomic E-state index is 13.4. The number of nitrogens with two attached hydrogens (primary N) is 1. The Morgan fingerprint density at radius 2 is 1.83 bits per heavy atom. The smallest absolute Gasteiger partial charge is 0.256 e. The third kappa shape index (κ3) is 2.40. The Morgan fingerprint density at radius 3 is 2.50 bits per heavy atom. The Kier molecular flexibility index (Phi) is 3.14. The maximum Gasteiger partial charge on any atom is 0.256 e. The fraction of sp³-hybridized carbons (Fsp3) is 0.154. The lowest BCUT2D eigenvalue weighted by Crippen LogP contribution is -1.97. The zero-order chi connectivity index (χ0) is 13.3. The number of aromatic nitrogens is 1. The minimum Gasteiger partial charge on any atom is -0.436 e. The van der Waals surface area contributed by atoms with Crippen LogP contribution in [0.15, 0.2) is 24.4 Å². The maximum atomic E-state index is 13.4. The van der Waals surface area contributed by atoms with Crippen molar-refractivity contribution < 1.29 is 13.5 Å². The Morgan fingerprint density at radius 1 is 1.11 bits per heavy atom. The first-order chi connectivity index (χ1) is 8.47. The Bertz CT molecular complexity index is 600. The number of rotatable bonds is 2. The monoisotopic (exact) mass is 250 g/mol. The second-order valence-electron chi connectivity index (χ2n) is 4.02. The highest BCUT2D eigenvalue weighted by molar-refractivity contribution is 5.54. The summed E-state index contributed by atoms with van der Waals surface area (Å²) < 4.78 is 31.4. The fourth-order valence-corrected chi connectivity index (χ4v) is 1.54. The van der Waals surface area contributed by atoms with E-state index in [4.69, 9.17) is 10.5 Å². The topological polar surface area (TPSA) is 48.1 Å². The molecule has 0 saturated carbocycles. The van der Waals surface area contributed by atoms with E-state index >= 15 is 0 Å². The van der Waals surface area contributed by atoms with Crippen molar-refractivity contribution in [3.63, 3.8) is 0 Å². The van der Waals surface area contributed by atoms with Crippen molar-refractivity contribution in [2.24, 2.45) is 0 Å². The molecule has 2 N–H and O–H groups in total. The number of anilines is 1. The summed E-state index contributed by atoms with van der Waals surface area (Å²) in [5.41, 5.74) is 8.00. The first-order valence-electron chi connectivity index (χ1n) is 5.33. The van der Waals surface area contributed by atoms with Gasteiger partial charge in [-0.05, 0) is 25.0 Å². The minimum atomic E-state index is -0.853. The van der Waals surface area contributed by atoms with Gasteiger partial charge in [-0.2, -0.15) is 0 Å². The van der Waals surface area contributed by atoms with Crippen molar-refractivity contribution in [1.82, 2.24) is 4.98 Å². The zero-order valence-electron chi connectivity index (χ0n) is 10.00. The number of hydrogen-bond donors (Lipinski definition) is 1. The molecule has 3 nitrogen and oxygen atoms in total. The van der Waals surface area contributed by atoms with E-state index in [0.29, 0.717) is 11.4 Å². The van der Waals surface area contributed by atoms with Crippen LogP contribution in [0.4, 0.5) is 14.5 Å². The molecule has 0 amide bonds. The molecule has 0 bridgehead atoms. The quantitative estimate of drug-likeness (QED) is 0.831. The SMILES string of the molecule is Cc1cc(C)c(Oc2ncc(F)cc2F)cc1N. The van der Waals surface area contributed by atoms with Crippen LogP contribution in [-0.4, -0.2) is 4.98 Å². The molecule has 1 aromatic carbocycles. The fourth-order valence-electron chi connectivity index (χ4n) is 1.54. The van der Waals surface area contributed by atoms with E-state index in [1.807, 2.05) is 19.9 Å². The number of ether oxygens (including phenoxy) is 1. The number of benzene rings is 1. The lowest BCUT2D eigenvalue weighted by atomic mass is 10.1. The van der Waals surface area contributed by atoms with Crippen molar-refractivity contribution in [3.8, 4) is 11.6 Å². The van der Waals surface area contributed by atoms with Crippen molar-refractivity contribution in [1.29, 1.82) is 0 Å². The molecule has 1 aromatic heterocycles. The van der Waals surface area contributed by atoms with Crippen molar-refractivity contribution in [3.05, 3.63) is 47.2 Å². The van der Waals surface area contributed by atoms with Gasteiger partial charge in [-0.1, -0.05) is 6.07 Å². The lowest BCUT2D eigenvalue weighted by molar-refractivity contribution is 0.414. The van der Waals surface area contributed by atoms with Crippen LogP contribution in [0.1, 0.15) is 11.1 Å². The van der Waals surface area contributed by atoms with Crippen molar-refractivity contribution >= 4 is 5.69 Å². The molecule has 0 unspecified atom stereocenters. The third-order valence-electron chi connectivity index (χ3n) is 2.54. The molecule has 0 saturated heterocycles. The molecule has 0 aliphatic carbocycles. The van der Waals surface area contributed by atoms with E-state index in [0.717, 1.165) is 23.4 Å². The van der Waals surface area contributed by atoms with Crippen LogP contribution in [0.5, 0.6) is 11.6 Å². The summed E-state index contributed by atoms with van der Waals surface area (Å²) in [6.07, 6.45) is 0.894. The lowest BCUT2D eigenvalue weighted by Gasteiger charge is -2.10. The van der Waals surface area contributed by atoms with Gasteiger partial charge in [0, 0.05) is 17.8 Å². The summed E-state index contributed by atoms with van der Waals surface area (Å²) in [6.45, 7) is 3.67. The molecule has 18 heavy (non-hydrogen) atoms. The highest BCUT2D eigenvalue weighted by Crippen LogP contribution is 2.29. The average Bonchev–Trinajstić information content (AvgIpc) is 2.29. The third-order valence-corrected chi connectivity index (χ3v) is 2.54. The van der Waals surface area contributed by atoms with Gasteiger partial charge in [0.1, 0.15) is 11.6 Å². The van der Waals surface area contributed by atoms with E-state index in [-0.39, 0.29) is 5.88 Å². The summed E-state index contributed by atoms with van der Waals surface area (Å²) in [5, 5.41) is 0. The molecular formula is C13H12F2N2O. The molecule has 0 aliphatic heterocycles. The molecule has 94 valence electrons. The van der Waals surface area contributed by atoms with Gasteiger partial charge in [0.05, 0.1) is 6.20 Å². The molecule has 0 radical (unpaired) electrons. The van der Waals surface area contributed by atoms with Gasteiger partial charge in [0.15, 0.2) is 5.82 Å². The van der Waals surface area contributed by atoms with Gasteiger partial charge in [0.2, 0.25) is 0 Å². The predicted molar refractivity (Wildman–Crippen MR) is 64.6 cm³/mol. The zero-order valence-corrected chi connectivity index (χ0v) is 10.00. The summed E-state index contributed by atoms with van der Waals surface area (Å²) >= 11 is 0. The standard InChI is InChI=1S/C13H12F2N2O/c1-7-3-8(2)12(5-11(7)16)18-13-10(15)4-9(14)6-17-13/h3-6H,16H2,1-2H3. The normalized spacial score (nSPS) is 10.4. The van der Waals surface area contributed by atoms with Gasteiger partial charge in [-0.3, -0.25) is 0 Å². The highest BCUT2D eigenvalue weighted by Gasteiger charge is 2.10. The van der Waals surface area contributed by atoms with Crippen LogP contribution in [0.3, 0.4) is 0 Å². The Labute approximate surface area is 103 Å². The Hall–Kier alpha value is -2.17. The van der Waals surface area contributed by atoms with Crippen LogP contribution in [-0.2, 0) is 0 Å². The van der Waals surface area contributed by atoms with Crippen molar-refractivity contribution in [2.45, 2.75) is 13.8 Å².